The van der Waals surface area contributed by atoms with Crippen molar-refractivity contribution in [1.29, 1.82) is 0 Å². The monoisotopic (exact) mass is 383 g/mol. The van der Waals surface area contributed by atoms with Crippen LogP contribution in [-0.2, 0) is 17.8 Å². The van der Waals surface area contributed by atoms with Gasteiger partial charge in [-0.1, -0.05) is 23.7 Å². The number of furan rings is 1. The second-order valence-electron chi connectivity index (χ2n) is 5.82. The molecule has 0 radical (unpaired) electrons. The van der Waals surface area contributed by atoms with E-state index < -0.39 is 0 Å². The molecule has 138 valence electrons. The van der Waals surface area contributed by atoms with Crippen LogP contribution < -0.4 is 16.0 Å². The fourth-order valence-corrected chi connectivity index (χ4v) is 2.51. The van der Waals surface area contributed by atoms with Crippen LogP contribution in [-0.4, -0.2) is 11.9 Å². The van der Waals surface area contributed by atoms with Crippen molar-refractivity contribution in [3.8, 4) is 0 Å². The Morgan fingerprint density at radius 3 is 2.19 bits per heavy atom. The minimum atomic E-state index is -0.342. The first-order valence-electron chi connectivity index (χ1n) is 8.30. The number of anilines is 2. The van der Waals surface area contributed by atoms with E-state index in [0.29, 0.717) is 28.7 Å². The number of urea groups is 1. The van der Waals surface area contributed by atoms with Crippen molar-refractivity contribution in [1.82, 2.24) is 5.32 Å². The van der Waals surface area contributed by atoms with E-state index in [1.807, 2.05) is 12.1 Å². The number of benzene rings is 2. The lowest BCUT2D eigenvalue weighted by molar-refractivity contribution is -0.115. The maximum absolute atomic E-state index is 12.1. The number of halogens is 1. The lowest BCUT2D eigenvalue weighted by Gasteiger charge is -2.09. The Balaban J connectivity index is 1.47. The maximum atomic E-state index is 12.1. The summed E-state index contributed by atoms with van der Waals surface area (Å²) in [6.07, 6.45) is 1.81. The van der Waals surface area contributed by atoms with Crippen LogP contribution in [0.3, 0.4) is 0 Å². The smallest absolute Gasteiger partial charge is 0.319 e. The SMILES string of the molecule is O=C(Cc1ccc(Cl)cc1)Nc1ccc(NC(=O)NCc2ccco2)cc1. The van der Waals surface area contributed by atoms with Crippen LogP contribution in [0.2, 0.25) is 5.02 Å². The maximum Gasteiger partial charge on any atom is 0.319 e. The highest BCUT2D eigenvalue weighted by molar-refractivity contribution is 6.30. The summed E-state index contributed by atoms with van der Waals surface area (Å²) in [5.74, 6) is 0.540. The Kier molecular flexibility index (Phi) is 6.12. The number of carbonyl (C=O) groups excluding carboxylic acids is 2. The van der Waals surface area contributed by atoms with Crippen LogP contribution in [0, 0.1) is 0 Å². The molecule has 1 heterocycles. The summed E-state index contributed by atoms with van der Waals surface area (Å²) in [4.78, 5) is 23.9. The van der Waals surface area contributed by atoms with Crippen molar-refractivity contribution in [3.05, 3.63) is 83.3 Å². The number of amides is 3. The van der Waals surface area contributed by atoms with Crippen molar-refractivity contribution in [3.63, 3.8) is 0 Å². The molecule has 0 unspecified atom stereocenters. The summed E-state index contributed by atoms with van der Waals surface area (Å²) in [5.41, 5.74) is 2.14. The van der Waals surface area contributed by atoms with Gasteiger partial charge in [0.2, 0.25) is 5.91 Å². The van der Waals surface area contributed by atoms with E-state index in [4.69, 9.17) is 16.0 Å². The topological polar surface area (TPSA) is 83.4 Å². The molecule has 0 atom stereocenters. The molecule has 0 saturated carbocycles. The molecule has 3 aromatic rings. The van der Waals surface area contributed by atoms with Crippen molar-refractivity contribution in [2.75, 3.05) is 10.6 Å². The molecule has 0 saturated heterocycles. The van der Waals surface area contributed by atoms with Crippen LogP contribution in [0.5, 0.6) is 0 Å². The number of rotatable bonds is 6. The second kappa shape index (κ2) is 8.91. The molecule has 0 aliphatic carbocycles. The molecule has 0 bridgehead atoms. The highest BCUT2D eigenvalue weighted by Gasteiger charge is 2.06. The molecule has 1 aromatic heterocycles. The van der Waals surface area contributed by atoms with Crippen molar-refractivity contribution >= 4 is 34.9 Å². The molecular formula is C20H18ClN3O3. The number of hydrogen-bond donors (Lipinski definition) is 3. The van der Waals surface area contributed by atoms with Crippen molar-refractivity contribution in [2.45, 2.75) is 13.0 Å². The highest BCUT2D eigenvalue weighted by Crippen LogP contribution is 2.15. The minimum Gasteiger partial charge on any atom is -0.467 e. The van der Waals surface area contributed by atoms with Gasteiger partial charge in [0.25, 0.3) is 0 Å². The molecule has 2 aromatic carbocycles. The van der Waals surface area contributed by atoms with Crippen molar-refractivity contribution < 1.29 is 14.0 Å². The van der Waals surface area contributed by atoms with Gasteiger partial charge in [-0.3, -0.25) is 4.79 Å². The Labute approximate surface area is 161 Å². The zero-order chi connectivity index (χ0) is 19.1. The van der Waals surface area contributed by atoms with Gasteiger partial charge in [-0.15, -0.1) is 0 Å². The van der Waals surface area contributed by atoms with Gasteiger partial charge in [-0.05, 0) is 54.1 Å². The summed E-state index contributed by atoms with van der Waals surface area (Å²) in [5, 5.41) is 8.85. The fourth-order valence-electron chi connectivity index (χ4n) is 2.39. The van der Waals surface area contributed by atoms with Gasteiger partial charge in [0.1, 0.15) is 5.76 Å². The van der Waals surface area contributed by atoms with Crippen LogP contribution in [0.4, 0.5) is 16.2 Å². The highest BCUT2D eigenvalue weighted by atomic mass is 35.5. The van der Waals surface area contributed by atoms with E-state index in [1.165, 1.54) is 0 Å². The molecule has 3 rings (SSSR count). The van der Waals surface area contributed by atoms with Crippen molar-refractivity contribution in [2.24, 2.45) is 0 Å². The lowest BCUT2D eigenvalue weighted by atomic mass is 10.1. The van der Waals surface area contributed by atoms with Crippen LogP contribution in [0.25, 0.3) is 0 Å². The van der Waals surface area contributed by atoms with E-state index in [1.54, 1.807) is 54.8 Å². The first-order chi connectivity index (χ1) is 13.1. The van der Waals surface area contributed by atoms with Gasteiger partial charge < -0.3 is 20.4 Å². The largest absolute Gasteiger partial charge is 0.467 e. The molecule has 0 spiro atoms. The lowest BCUT2D eigenvalue weighted by Crippen LogP contribution is -2.27. The zero-order valence-electron chi connectivity index (χ0n) is 14.4. The first kappa shape index (κ1) is 18.5. The van der Waals surface area contributed by atoms with Gasteiger partial charge in [0.05, 0.1) is 19.2 Å². The van der Waals surface area contributed by atoms with E-state index in [0.717, 1.165) is 5.56 Å². The average molecular weight is 384 g/mol. The van der Waals surface area contributed by atoms with E-state index in [-0.39, 0.29) is 18.4 Å². The van der Waals surface area contributed by atoms with E-state index in [9.17, 15) is 9.59 Å². The summed E-state index contributed by atoms with van der Waals surface area (Å²) in [7, 11) is 0. The minimum absolute atomic E-state index is 0.130. The van der Waals surface area contributed by atoms with Gasteiger partial charge >= 0.3 is 6.03 Å². The molecule has 0 fully saturated rings. The van der Waals surface area contributed by atoms with Gasteiger partial charge in [-0.2, -0.15) is 0 Å². The molecular weight excluding hydrogens is 366 g/mol. The number of hydrogen-bond acceptors (Lipinski definition) is 3. The van der Waals surface area contributed by atoms with Crippen LogP contribution in [0.15, 0.2) is 71.3 Å². The quantitative estimate of drug-likeness (QED) is 0.588. The summed E-state index contributed by atoms with van der Waals surface area (Å²) in [6, 6.07) is 17.2. The summed E-state index contributed by atoms with van der Waals surface area (Å²) >= 11 is 5.83. The van der Waals surface area contributed by atoms with E-state index in [2.05, 4.69) is 16.0 Å². The van der Waals surface area contributed by atoms with E-state index >= 15 is 0 Å². The third kappa shape index (κ3) is 5.90. The fraction of sp³-hybridized carbons (Fsp3) is 0.100. The zero-order valence-corrected chi connectivity index (χ0v) is 15.1. The van der Waals surface area contributed by atoms with Gasteiger partial charge in [-0.25, -0.2) is 4.79 Å². The van der Waals surface area contributed by atoms with Crippen LogP contribution in [0.1, 0.15) is 11.3 Å². The van der Waals surface area contributed by atoms with Crippen LogP contribution >= 0.6 is 11.6 Å². The van der Waals surface area contributed by atoms with Gasteiger partial charge in [0, 0.05) is 16.4 Å². The molecule has 0 aliphatic rings. The molecule has 7 heteroatoms. The molecule has 27 heavy (non-hydrogen) atoms. The molecule has 3 N–H and O–H groups in total. The molecule has 0 aliphatic heterocycles. The summed E-state index contributed by atoms with van der Waals surface area (Å²) < 4.78 is 5.15. The third-order valence-electron chi connectivity index (χ3n) is 3.71. The van der Waals surface area contributed by atoms with Gasteiger partial charge in [0.15, 0.2) is 0 Å². The Bertz CT molecular complexity index is 891. The predicted molar refractivity (Wildman–Crippen MR) is 105 cm³/mol. The Morgan fingerprint density at radius 2 is 1.56 bits per heavy atom. The standard InChI is InChI=1S/C20H18ClN3O3/c21-15-5-3-14(4-6-15)12-19(25)23-16-7-9-17(10-8-16)24-20(26)22-13-18-2-1-11-27-18/h1-11H,12-13H2,(H,23,25)(H2,22,24,26). The molecule has 3 amide bonds. The molecule has 6 nitrogen and oxygen atoms in total. The Hall–Kier alpha value is -3.25. The normalized spacial score (nSPS) is 10.3. The summed E-state index contributed by atoms with van der Waals surface area (Å²) in [6.45, 7) is 0.303. The number of nitrogens with one attached hydrogen (secondary N) is 3. The third-order valence-corrected chi connectivity index (χ3v) is 3.96. The first-order valence-corrected chi connectivity index (χ1v) is 8.68. The predicted octanol–water partition coefficient (Wildman–Crippen LogP) is 4.44. The average Bonchev–Trinajstić information content (AvgIpc) is 3.17. The Morgan fingerprint density at radius 1 is 0.889 bits per heavy atom. The second-order valence-corrected chi connectivity index (χ2v) is 6.25. The number of carbonyl (C=O) groups is 2.